The zero-order valence-corrected chi connectivity index (χ0v) is 11.6. The van der Waals surface area contributed by atoms with E-state index in [1.54, 1.807) is 4.90 Å². The molecule has 1 aliphatic heterocycles. The first-order valence-corrected chi connectivity index (χ1v) is 6.57. The number of aliphatic hydroxyl groups is 2. The standard InChI is InChI=1S/C13H25NO4/c1-12(2,3)18-11(16)14-8-4-6-13(17,10-14)7-5-9-15/h15,17H,4-10H2,1-3H3. The highest BCUT2D eigenvalue weighted by atomic mass is 16.6. The molecule has 1 saturated heterocycles. The van der Waals surface area contributed by atoms with Crippen molar-refractivity contribution in [2.75, 3.05) is 19.7 Å². The number of carbonyl (C=O) groups is 1. The first-order chi connectivity index (χ1) is 8.26. The molecule has 1 atom stereocenters. The molecule has 0 saturated carbocycles. The Bertz CT molecular complexity index is 287. The number of amides is 1. The van der Waals surface area contributed by atoms with Gasteiger partial charge in [0.25, 0.3) is 0 Å². The van der Waals surface area contributed by atoms with Crippen LogP contribution in [0.4, 0.5) is 4.79 Å². The summed E-state index contributed by atoms with van der Waals surface area (Å²) in [6, 6.07) is 0. The second kappa shape index (κ2) is 5.89. The normalized spacial score (nSPS) is 25.1. The van der Waals surface area contributed by atoms with E-state index in [2.05, 4.69) is 0 Å². The quantitative estimate of drug-likeness (QED) is 0.806. The largest absolute Gasteiger partial charge is 0.444 e. The monoisotopic (exact) mass is 259 g/mol. The van der Waals surface area contributed by atoms with Gasteiger partial charge in [0.05, 0.1) is 12.1 Å². The van der Waals surface area contributed by atoms with E-state index >= 15 is 0 Å². The van der Waals surface area contributed by atoms with Crippen LogP contribution in [0.5, 0.6) is 0 Å². The zero-order chi connectivity index (χ0) is 13.8. The van der Waals surface area contributed by atoms with Gasteiger partial charge in [-0.05, 0) is 46.5 Å². The summed E-state index contributed by atoms with van der Waals surface area (Å²) in [5.41, 5.74) is -1.39. The number of piperidine rings is 1. The highest BCUT2D eigenvalue weighted by molar-refractivity contribution is 5.68. The third kappa shape index (κ3) is 4.82. The van der Waals surface area contributed by atoms with Crippen molar-refractivity contribution in [3.8, 4) is 0 Å². The van der Waals surface area contributed by atoms with Gasteiger partial charge in [0.15, 0.2) is 0 Å². The number of aliphatic hydroxyl groups excluding tert-OH is 1. The number of likely N-dealkylation sites (tertiary alicyclic amines) is 1. The van der Waals surface area contributed by atoms with Crippen LogP contribution in [0.25, 0.3) is 0 Å². The van der Waals surface area contributed by atoms with Crippen molar-refractivity contribution in [1.29, 1.82) is 0 Å². The summed E-state index contributed by atoms with van der Waals surface area (Å²) in [6.07, 6.45) is 2.14. The van der Waals surface area contributed by atoms with Crippen LogP contribution in [0.2, 0.25) is 0 Å². The van der Waals surface area contributed by atoms with Gasteiger partial charge in [-0.3, -0.25) is 0 Å². The van der Waals surface area contributed by atoms with Gasteiger partial charge < -0.3 is 19.8 Å². The van der Waals surface area contributed by atoms with Crippen molar-refractivity contribution in [3.63, 3.8) is 0 Å². The lowest BCUT2D eigenvalue weighted by Crippen LogP contribution is -2.51. The molecule has 5 heteroatoms. The van der Waals surface area contributed by atoms with E-state index in [-0.39, 0.29) is 12.7 Å². The Morgan fingerprint density at radius 3 is 2.67 bits per heavy atom. The molecule has 0 aliphatic carbocycles. The summed E-state index contributed by atoms with van der Waals surface area (Å²) >= 11 is 0. The fourth-order valence-electron chi connectivity index (χ4n) is 2.21. The van der Waals surface area contributed by atoms with Crippen LogP contribution < -0.4 is 0 Å². The van der Waals surface area contributed by atoms with Crippen molar-refractivity contribution in [3.05, 3.63) is 0 Å². The summed E-state index contributed by atoms with van der Waals surface area (Å²) < 4.78 is 5.30. The van der Waals surface area contributed by atoms with Gasteiger partial charge in [0.2, 0.25) is 0 Å². The van der Waals surface area contributed by atoms with Crippen molar-refractivity contribution >= 4 is 6.09 Å². The summed E-state index contributed by atoms with van der Waals surface area (Å²) in [5, 5.41) is 19.2. The number of ether oxygens (including phenoxy) is 1. The smallest absolute Gasteiger partial charge is 0.410 e. The number of carbonyl (C=O) groups excluding carboxylic acids is 1. The third-order valence-electron chi connectivity index (χ3n) is 3.01. The molecule has 18 heavy (non-hydrogen) atoms. The molecule has 0 bridgehead atoms. The van der Waals surface area contributed by atoms with Gasteiger partial charge in [0, 0.05) is 13.2 Å². The minimum absolute atomic E-state index is 0.0642. The molecule has 0 radical (unpaired) electrons. The lowest BCUT2D eigenvalue weighted by molar-refractivity contribution is -0.0496. The van der Waals surface area contributed by atoms with Gasteiger partial charge in [-0.2, -0.15) is 0 Å². The fourth-order valence-corrected chi connectivity index (χ4v) is 2.21. The second-order valence-electron chi connectivity index (χ2n) is 6.06. The van der Waals surface area contributed by atoms with Crippen LogP contribution in [0, 0.1) is 0 Å². The molecule has 0 spiro atoms. The Balaban J connectivity index is 2.55. The van der Waals surface area contributed by atoms with Crippen LogP contribution in [0.1, 0.15) is 46.5 Å². The van der Waals surface area contributed by atoms with Gasteiger partial charge >= 0.3 is 6.09 Å². The number of β-amino-alcohol motifs (C(OH)–C–C–N with tert-alkyl or cyclic N) is 1. The van der Waals surface area contributed by atoms with Crippen LogP contribution >= 0.6 is 0 Å². The Kier molecular flexibility index (Phi) is 4.99. The molecular formula is C13H25NO4. The number of hydrogen-bond donors (Lipinski definition) is 2. The van der Waals surface area contributed by atoms with Crippen molar-refractivity contribution < 1.29 is 19.7 Å². The Morgan fingerprint density at radius 1 is 1.44 bits per heavy atom. The average molecular weight is 259 g/mol. The van der Waals surface area contributed by atoms with E-state index in [4.69, 9.17) is 9.84 Å². The van der Waals surface area contributed by atoms with E-state index in [0.29, 0.717) is 32.4 Å². The molecule has 0 aromatic carbocycles. The molecule has 1 fully saturated rings. The molecule has 1 rings (SSSR count). The lowest BCUT2D eigenvalue weighted by atomic mass is 9.88. The minimum Gasteiger partial charge on any atom is -0.444 e. The Hall–Kier alpha value is -0.810. The Morgan fingerprint density at radius 2 is 2.11 bits per heavy atom. The third-order valence-corrected chi connectivity index (χ3v) is 3.01. The molecule has 0 aromatic rings. The summed E-state index contributed by atoms with van der Waals surface area (Å²) in [5.74, 6) is 0. The second-order valence-corrected chi connectivity index (χ2v) is 6.06. The molecule has 5 nitrogen and oxygen atoms in total. The van der Waals surface area contributed by atoms with Gasteiger partial charge in [-0.15, -0.1) is 0 Å². The predicted molar refractivity (Wildman–Crippen MR) is 68.3 cm³/mol. The van der Waals surface area contributed by atoms with Crippen molar-refractivity contribution in [2.45, 2.75) is 57.7 Å². The molecule has 1 unspecified atom stereocenters. The van der Waals surface area contributed by atoms with Gasteiger partial charge in [0.1, 0.15) is 5.60 Å². The maximum absolute atomic E-state index is 11.9. The van der Waals surface area contributed by atoms with Crippen LogP contribution in [-0.4, -0.2) is 52.1 Å². The maximum Gasteiger partial charge on any atom is 0.410 e. The van der Waals surface area contributed by atoms with Gasteiger partial charge in [-0.1, -0.05) is 0 Å². The summed E-state index contributed by atoms with van der Waals surface area (Å²) in [7, 11) is 0. The highest BCUT2D eigenvalue weighted by Gasteiger charge is 2.36. The fraction of sp³-hybridized carbons (Fsp3) is 0.923. The average Bonchev–Trinajstić information content (AvgIpc) is 2.24. The van der Waals surface area contributed by atoms with Crippen LogP contribution in [0.15, 0.2) is 0 Å². The van der Waals surface area contributed by atoms with E-state index in [9.17, 15) is 9.90 Å². The number of nitrogens with zero attached hydrogens (tertiary/aromatic N) is 1. The highest BCUT2D eigenvalue weighted by Crippen LogP contribution is 2.26. The minimum atomic E-state index is -0.877. The van der Waals surface area contributed by atoms with Gasteiger partial charge in [-0.25, -0.2) is 4.79 Å². The first kappa shape index (κ1) is 15.2. The lowest BCUT2D eigenvalue weighted by Gasteiger charge is -2.39. The summed E-state index contributed by atoms with van der Waals surface area (Å²) in [4.78, 5) is 13.5. The van der Waals surface area contributed by atoms with Crippen molar-refractivity contribution in [1.82, 2.24) is 4.90 Å². The maximum atomic E-state index is 11.9. The number of hydrogen-bond acceptors (Lipinski definition) is 4. The molecule has 0 aromatic heterocycles. The first-order valence-electron chi connectivity index (χ1n) is 6.57. The van der Waals surface area contributed by atoms with E-state index in [1.165, 1.54) is 0 Å². The topological polar surface area (TPSA) is 70.0 Å². The van der Waals surface area contributed by atoms with E-state index in [0.717, 1.165) is 6.42 Å². The number of rotatable bonds is 3. The molecule has 1 aliphatic rings. The van der Waals surface area contributed by atoms with Crippen LogP contribution in [0.3, 0.4) is 0 Å². The Labute approximate surface area is 109 Å². The van der Waals surface area contributed by atoms with E-state index in [1.807, 2.05) is 20.8 Å². The molecule has 1 heterocycles. The molecule has 106 valence electrons. The van der Waals surface area contributed by atoms with Crippen LogP contribution in [-0.2, 0) is 4.74 Å². The predicted octanol–water partition coefficient (Wildman–Crippen LogP) is 1.52. The summed E-state index contributed by atoms with van der Waals surface area (Å²) in [6.45, 7) is 6.46. The SMILES string of the molecule is CC(C)(C)OC(=O)N1CCCC(O)(CCCO)C1. The molecule has 1 amide bonds. The zero-order valence-electron chi connectivity index (χ0n) is 11.6. The van der Waals surface area contributed by atoms with E-state index < -0.39 is 11.2 Å². The molecule has 2 N–H and O–H groups in total. The molecular weight excluding hydrogens is 234 g/mol. The van der Waals surface area contributed by atoms with Crippen molar-refractivity contribution in [2.24, 2.45) is 0 Å².